The third-order valence-electron chi connectivity index (χ3n) is 6.60. The molecule has 0 aromatic heterocycles. The van der Waals surface area contributed by atoms with E-state index < -0.39 is 0 Å². The molecule has 0 saturated carbocycles. The van der Waals surface area contributed by atoms with Gasteiger partial charge in [0.05, 0.1) is 0 Å². The second kappa shape index (κ2) is 28.7. The molecular formula is C30H60. The summed E-state index contributed by atoms with van der Waals surface area (Å²) in [5, 5.41) is 0. The monoisotopic (exact) mass is 420 g/mol. The SMILES string of the molecule is CCC/C=C/CCCCCCCCCCCCCCCCCCCCCCCCC. The maximum Gasteiger partial charge on any atom is -0.0351 e. The smallest absolute Gasteiger partial charge is 0.0351 e. The van der Waals surface area contributed by atoms with Crippen LogP contribution in [0.1, 0.15) is 181 Å². The van der Waals surface area contributed by atoms with Crippen LogP contribution in [0.2, 0.25) is 0 Å². The first-order chi connectivity index (χ1) is 14.9. The fourth-order valence-corrected chi connectivity index (χ4v) is 4.45. The Hall–Kier alpha value is -0.260. The summed E-state index contributed by atoms with van der Waals surface area (Å²) in [7, 11) is 0. The molecule has 0 heterocycles. The van der Waals surface area contributed by atoms with Crippen LogP contribution in [0.3, 0.4) is 0 Å². The highest BCUT2D eigenvalue weighted by Crippen LogP contribution is 2.15. The van der Waals surface area contributed by atoms with Crippen LogP contribution in [0, 0.1) is 0 Å². The second-order valence-electron chi connectivity index (χ2n) is 9.83. The summed E-state index contributed by atoms with van der Waals surface area (Å²) in [6.07, 6.45) is 42.4. The average molecular weight is 421 g/mol. The molecule has 0 heteroatoms. The molecule has 0 aliphatic carbocycles. The molecule has 0 radical (unpaired) electrons. The zero-order valence-corrected chi connectivity index (χ0v) is 21.5. The molecule has 0 saturated heterocycles. The molecule has 0 aliphatic rings. The predicted octanol–water partition coefficient (Wildman–Crippen LogP) is 11.7. The van der Waals surface area contributed by atoms with Crippen molar-refractivity contribution in [2.75, 3.05) is 0 Å². The van der Waals surface area contributed by atoms with Crippen molar-refractivity contribution in [1.82, 2.24) is 0 Å². The van der Waals surface area contributed by atoms with Crippen molar-refractivity contribution < 1.29 is 0 Å². The van der Waals surface area contributed by atoms with Crippen LogP contribution in [0.25, 0.3) is 0 Å². The maximum absolute atomic E-state index is 2.39. The van der Waals surface area contributed by atoms with E-state index in [-0.39, 0.29) is 0 Å². The Kier molecular flexibility index (Phi) is 28.5. The molecular weight excluding hydrogens is 360 g/mol. The van der Waals surface area contributed by atoms with Crippen LogP contribution >= 0.6 is 0 Å². The van der Waals surface area contributed by atoms with Gasteiger partial charge < -0.3 is 0 Å². The molecule has 30 heavy (non-hydrogen) atoms. The summed E-state index contributed by atoms with van der Waals surface area (Å²) >= 11 is 0. The van der Waals surface area contributed by atoms with Gasteiger partial charge in [-0.3, -0.25) is 0 Å². The van der Waals surface area contributed by atoms with Gasteiger partial charge in [-0.25, -0.2) is 0 Å². The average Bonchev–Trinajstić information content (AvgIpc) is 2.76. The molecule has 0 N–H and O–H groups in total. The van der Waals surface area contributed by atoms with E-state index >= 15 is 0 Å². The van der Waals surface area contributed by atoms with Gasteiger partial charge in [0.15, 0.2) is 0 Å². The third kappa shape index (κ3) is 27.7. The van der Waals surface area contributed by atoms with Gasteiger partial charge in [-0.15, -0.1) is 0 Å². The lowest BCUT2D eigenvalue weighted by atomic mass is 10.0. The highest BCUT2D eigenvalue weighted by atomic mass is 14.0. The number of rotatable bonds is 26. The quantitative estimate of drug-likeness (QED) is 0.0963. The Bertz CT molecular complexity index is 303. The Morgan fingerprint density at radius 3 is 0.833 bits per heavy atom. The molecule has 180 valence electrons. The highest BCUT2D eigenvalue weighted by molar-refractivity contribution is 4.80. The summed E-state index contributed by atoms with van der Waals surface area (Å²) < 4.78 is 0. The zero-order chi connectivity index (χ0) is 21.8. The van der Waals surface area contributed by atoms with Crippen LogP contribution in [0.5, 0.6) is 0 Å². The summed E-state index contributed by atoms with van der Waals surface area (Å²) in [5.74, 6) is 0. The van der Waals surface area contributed by atoms with Gasteiger partial charge in [-0.2, -0.15) is 0 Å². The van der Waals surface area contributed by atoms with E-state index in [1.165, 1.54) is 167 Å². The summed E-state index contributed by atoms with van der Waals surface area (Å²) in [5.41, 5.74) is 0. The normalized spacial score (nSPS) is 11.7. The van der Waals surface area contributed by atoms with E-state index in [2.05, 4.69) is 26.0 Å². The molecule has 0 aromatic carbocycles. The minimum Gasteiger partial charge on any atom is -0.0885 e. The Morgan fingerprint density at radius 1 is 0.267 bits per heavy atom. The maximum atomic E-state index is 2.39. The fourth-order valence-electron chi connectivity index (χ4n) is 4.45. The van der Waals surface area contributed by atoms with Crippen molar-refractivity contribution in [3.8, 4) is 0 Å². The van der Waals surface area contributed by atoms with Crippen molar-refractivity contribution >= 4 is 0 Å². The van der Waals surface area contributed by atoms with Gasteiger partial charge >= 0.3 is 0 Å². The lowest BCUT2D eigenvalue weighted by Crippen LogP contribution is -1.84. The molecule has 0 nitrogen and oxygen atoms in total. The lowest BCUT2D eigenvalue weighted by Gasteiger charge is -2.04. The molecule has 0 aliphatic heterocycles. The van der Waals surface area contributed by atoms with Crippen LogP contribution in [0.15, 0.2) is 12.2 Å². The third-order valence-corrected chi connectivity index (χ3v) is 6.60. The molecule has 0 aromatic rings. The van der Waals surface area contributed by atoms with E-state index in [1.54, 1.807) is 0 Å². The first-order valence-electron chi connectivity index (χ1n) is 14.6. The van der Waals surface area contributed by atoms with Crippen LogP contribution in [0.4, 0.5) is 0 Å². The molecule has 0 amide bonds. The molecule has 0 rings (SSSR count). The van der Waals surface area contributed by atoms with Gasteiger partial charge in [-0.05, 0) is 19.3 Å². The molecule has 0 spiro atoms. The number of unbranched alkanes of at least 4 members (excludes halogenated alkanes) is 24. The standard InChI is InChI=1S/C30H60/c1-3-5-7-9-11-13-15-17-19-21-23-25-27-29-30-28-26-24-22-20-18-16-14-12-10-8-6-4-2/h7,9H,3-6,8,10-30H2,1-2H3/b9-7+. The highest BCUT2D eigenvalue weighted by Gasteiger charge is 1.95. The van der Waals surface area contributed by atoms with E-state index in [9.17, 15) is 0 Å². The largest absolute Gasteiger partial charge is 0.0885 e. The van der Waals surface area contributed by atoms with Crippen LogP contribution in [-0.4, -0.2) is 0 Å². The summed E-state index contributed by atoms with van der Waals surface area (Å²) in [6, 6.07) is 0. The fraction of sp³-hybridized carbons (Fsp3) is 0.933. The molecule has 0 unspecified atom stereocenters. The van der Waals surface area contributed by atoms with Gasteiger partial charge in [0.1, 0.15) is 0 Å². The zero-order valence-electron chi connectivity index (χ0n) is 21.5. The Morgan fingerprint density at radius 2 is 0.533 bits per heavy atom. The molecule has 0 atom stereocenters. The van der Waals surface area contributed by atoms with Gasteiger partial charge in [0.25, 0.3) is 0 Å². The van der Waals surface area contributed by atoms with Crippen molar-refractivity contribution in [1.29, 1.82) is 0 Å². The lowest BCUT2D eigenvalue weighted by molar-refractivity contribution is 0.518. The van der Waals surface area contributed by atoms with Crippen molar-refractivity contribution in [2.24, 2.45) is 0 Å². The van der Waals surface area contributed by atoms with Crippen LogP contribution < -0.4 is 0 Å². The van der Waals surface area contributed by atoms with Crippen molar-refractivity contribution in [2.45, 2.75) is 181 Å². The Labute approximate surface area is 193 Å². The number of hydrogen-bond acceptors (Lipinski definition) is 0. The Balaban J connectivity index is 3.00. The number of allylic oxidation sites excluding steroid dienone is 2. The summed E-state index contributed by atoms with van der Waals surface area (Å²) in [4.78, 5) is 0. The molecule has 0 fully saturated rings. The number of hydrogen-bond donors (Lipinski definition) is 0. The first kappa shape index (κ1) is 29.7. The van der Waals surface area contributed by atoms with Crippen molar-refractivity contribution in [3.63, 3.8) is 0 Å². The molecule has 0 bridgehead atoms. The van der Waals surface area contributed by atoms with Gasteiger partial charge in [-0.1, -0.05) is 174 Å². The summed E-state index contributed by atoms with van der Waals surface area (Å²) in [6.45, 7) is 4.56. The second-order valence-corrected chi connectivity index (χ2v) is 9.83. The van der Waals surface area contributed by atoms with E-state index in [0.29, 0.717) is 0 Å². The first-order valence-corrected chi connectivity index (χ1v) is 14.6. The topological polar surface area (TPSA) is 0 Å². The van der Waals surface area contributed by atoms with E-state index in [1.807, 2.05) is 0 Å². The van der Waals surface area contributed by atoms with E-state index in [4.69, 9.17) is 0 Å². The van der Waals surface area contributed by atoms with Crippen molar-refractivity contribution in [3.05, 3.63) is 12.2 Å². The van der Waals surface area contributed by atoms with Gasteiger partial charge in [0, 0.05) is 0 Å². The van der Waals surface area contributed by atoms with E-state index in [0.717, 1.165) is 0 Å². The minimum absolute atomic E-state index is 1.26. The minimum atomic E-state index is 1.26. The van der Waals surface area contributed by atoms with Gasteiger partial charge in [0.2, 0.25) is 0 Å². The van der Waals surface area contributed by atoms with Crippen LogP contribution in [-0.2, 0) is 0 Å². The predicted molar refractivity (Wildman–Crippen MR) is 141 cm³/mol.